The van der Waals surface area contributed by atoms with Crippen molar-refractivity contribution in [2.24, 2.45) is 5.92 Å². The van der Waals surface area contributed by atoms with Crippen molar-refractivity contribution in [2.45, 2.75) is 58.1 Å². The lowest BCUT2D eigenvalue weighted by atomic mass is 9.98. The van der Waals surface area contributed by atoms with Crippen molar-refractivity contribution in [3.8, 4) is 0 Å². The zero-order valence-electron chi connectivity index (χ0n) is 11.5. The third-order valence-corrected chi connectivity index (χ3v) is 3.20. The highest BCUT2D eigenvalue weighted by molar-refractivity contribution is 5.67. The fourth-order valence-corrected chi connectivity index (χ4v) is 2.37. The molecule has 4 heteroatoms. The molecule has 0 saturated heterocycles. The molecule has 0 radical (unpaired) electrons. The number of amides is 1. The van der Waals surface area contributed by atoms with Crippen molar-refractivity contribution in [1.82, 2.24) is 10.6 Å². The molecule has 17 heavy (non-hydrogen) atoms. The summed E-state index contributed by atoms with van der Waals surface area (Å²) in [6.07, 6.45) is 4.84. The molecule has 1 aliphatic rings. The van der Waals surface area contributed by atoms with Crippen LogP contribution >= 0.6 is 0 Å². The van der Waals surface area contributed by atoms with Crippen molar-refractivity contribution in [2.75, 3.05) is 13.6 Å². The molecular weight excluding hydrogens is 216 g/mol. The second-order valence-corrected chi connectivity index (χ2v) is 5.82. The Labute approximate surface area is 104 Å². The first-order valence-electron chi connectivity index (χ1n) is 6.56. The van der Waals surface area contributed by atoms with Gasteiger partial charge in [0.25, 0.3) is 0 Å². The molecule has 1 atom stereocenters. The molecule has 1 aliphatic carbocycles. The maximum atomic E-state index is 11.5. The monoisotopic (exact) mass is 242 g/mol. The number of hydrogen-bond acceptors (Lipinski definition) is 3. The van der Waals surface area contributed by atoms with E-state index in [1.54, 1.807) is 0 Å². The maximum Gasteiger partial charge on any atom is 0.407 e. The van der Waals surface area contributed by atoms with E-state index in [9.17, 15) is 4.79 Å². The van der Waals surface area contributed by atoms with E-state index >= 15 is 0 Å². The summed E-state index contributed by atoms with van der Waals surface area (Å²) in [7, 11) is 1.96. The molecule has 0 spiro atoms. The fraction of sp³-hybridized carbons (Fsp3) is 0.923. The van der Waals surface area contributed by atoms with Gasteiger partial charge in [-0.3, -0.25) is 0 Å². The van der Waals surface area contributed by atoms with E-state index in [2.05, 4.69) is 10.6 Å². The largest absolute Gasteiger partial charge is 0.444 e. The third-order valence-electron chi connectivity index (χ3n) is 3.20. The number of nitrogens with one attached hydrogen (secondary N) is 2. The van der Waals surface area contributed by atoms with Crippen LogP contribution in [0.15, 0.2) is 0 Å². The van der Waals surface area contributed by atoms with Gasteiger partial charge < -0.3 is 15.4 Å². The van der Waals surface area contributed by atoms with E-state index in [-0.39, 0.29) is 6.09 Å². The number of likely N-dealkylation sites (N-methyl/N-ethyl adjacent to an activating group) is 1. The summed E-state index contributed by atoms with van der Waals surface area (Å²) in [5.41, 5.74) is -0.424. The van der Waals surface area contributed by atoms with E-state index in [4.69, 9.17) is 4.74 Å². The van der Waals surface area contributed by atoms with Crippen molar-refractivity contribution in [3.05, 3.63) is 0 Å². The molecule has 100 valence electrons. The van der Waals surface area contributed by atoms with Crippen LogP contribution in [0.3, 0.4) is 0 Å². The molecule has 0 aliphatic heterocycles. The molecule has 0 aromatic heterocycles. The highest BCUT2D eigenvalue weighted by Crippen LogP contribution is 2.27. The number of carbonyl (C=O) groups is 1. The summed E-state index contributed by atoms with van der Waals surface area (Å²) in [5.74, 6) is 0.690. The predicted molar refractivity (Wildman–Crippen MR) is 69.0 cm³/mol. The SMILES string of the molecule is CNC(CNC(=O)OC(C)(C)C)C1CCCC1. The van der Waals surface area contributed by atoms with Crippen LogP contribution in [0.1, 0.15) is 46.5 Å². The van der Waals surface area contributed by atoms with Gasteiger partial charge in [-0.2, -0.15) is 0 Å². The summed E-state index contributed by atoms with van der Waals surface area (Å²) in [4.78, 5) is 11.5. The summed E-state index contributed by atoms with van der Waals surface area (Å²) in [6, 6.07) is 0.366. The van der Waals surface area contributed by atoms with Crippen LogP contribution in [0.5, 0.6) is 0 Å². The molecule has 2 N–H and O–H groups in total. The second kappa shape index (κ2) is 6.24. The van der Waals surface area contributed by atoms with E-state index in [0.29, 0.717) is 18.5 Å². The molecule has 0 heterocycles. The van der Waals surface area contributed by atoms with Crippen LogP contribution in [0.2, 0.25) is 0 Å². The van der Waals surface area contributed by atoms with Gasteiger partial charge in [-0.1, -0.05) is 12.8 Å². The Balaban J connectivity index is 2.29. The summed E-state index contributed by atoms with van der Waals surface area (Å²) >= 11 is 0. The Bertz CT molecular complexity index is 242. The van der Waals surface area contributed by atoms with Gasteiger partial charge in [0.1, 0.15) is 5.60 Å². The zero-order valence-corrected chi connectivity index (χ0v) is 11.5. The van der Waals surface area contributed by atoms with E-state index < -0.39 is 5.60 Å². The van der Waals surface area contributed by atoms with Gasteiger partial charge in [-0.05, 0) is 46.6 Å². The van der Waals surface area contributed by atoms with Crippen LogP contribution in [-0.2, 0) is 4.74 Å². The highest BCUT2D eigenvalue weighted by atomic mass is 16.6. The lowest BCUT2D eigenvalue weighted by Crippen LogP contribution is -2.44. The molecule has 1 unspecified atom stereocenters. The standard InChI is InChI=1S/C13H26N2O2/c1-13(2,3)17-12(16)15-9-11(14-4)10-7-5-6-8-10/h10-11,14H,5-9H2,1-4H3,(H,15,16). The first kappa shape index (κ1) is 14.3. The molecule has 1 saturated carbocycles. The number of ether oxygens (including phenoxy) is 1. The van der Waals surface area contributed by atoms with Crippen molar-refractivity contribution < 1.29 is 9.53 Å². The summed E-state index contributed by atoms with van der Waals surface area (Å²) < 4.78 is 5.22. The van der Waals surface area contributed by atoms with Gasteiger partial charge in [0, 0.05) is 12.6 Å². The molecule has 0 bridgehead atoms. The van der Waals surface area contributed by atoms with E-state index in [1.165, 1.54) is 25.7 Å². The Hall–Kier alpha value is -0.770. The van der Waals surface area contributed by atoms with Gasteiger partial charge in [-0.25, -0.2) is 4.79 Å². The smallest absolute Gasteiger partial charge is 0.407 e. The normalized spacial score (nSPS) is 19.1. The third kappa shape index (κ3) is 5.39. The van der Waals surface area contributed by atoms with E-state index in [1.807, 2.05) is 27.8 Å². The minimum atomic E-state index is -0.424. The average Bonchev–Trinajstić information content (AvgIpc) is 2.69. The summed E-state index contributed by atoms with van der Waals surface area (Å²) in [6.45, 7) is 6.27. The number of carbonyl (C=O) groups excluding carboxylic acids is 1. The first-order chi connectivity index (χ1) is 7.92. The Kier molecular flexibility index (Phi) is 5.25. The van der Waals surface area contributed by atoms with Gasteiger partial charge >= 0.3 is 6.09 Å². The number of alkyl carbamates (subject to hydrolysis) is 1. The fourth-order valence-electron chi connectivity index (χ4n) is 2.37. The molecular formula is C13H26N2O2. The molecule has 1 fully saturated rings. The topological polar surface area (TPSA) is 50.4 Å². The zero-order chi connectivity index (χ0) is 12.9. The lowest BCUT2D eigenvalue weighted by Gasteiger charge is -2.25. The van der Waals surface area contributed by atoms with Crippen LogP contribution < -0.4 is 10.6 Å². The first-order valence-corrected chi connectivity index (χ1v) is 6.56. The number of hydrogen-bond donors (Lipinski definition) is 2. The van der Waals surface area contributed by atoms with Crippen LogP contribution in [0.25, 0.3) is 0 Å². The van der Waals surface area contributed by atoms with Crippen molar-refractivity contribution in [1.29, 1.82) is 0 Å². The van der Waals surface area contributed by atoms with Gasteiger partial charge in [-0.15, -0.1) is 0 Å². The summed E-state index contributed by atoms with van der Waals surface area (Å²) in [5, 5.41) is 6.14. The minimum Gasteiger partial charge on any atom is -0.444 e. The number of rotatable bonds is 4. The quantitative estimate of drug-likeness (QED) is 0.795. The molecule has 1 rings (SSSR count). The highest BCUT2D eigenvalue weighted by Gasteiger charge is 2.24. The predicted octanol–water partition coefficient (Wildman–Crippen LogP) is 2.29. The molecule has 0 aromatic carbocycles. The second-order valence-electron chi connectivity index (χ2n) is 5.82. The van der Waals surface area contributed by atoms with Crippen molar-refractivity contribution in [3.63, 3.8) is 0 Å². The minimum absolute atomic E-state index is 0.323. The Morgan fingerprint density at radius 3 is 2.41 bits per heavy atom. The average molecular weight is 242 g/mol. The van der Waals surface area contributed by atoms with Gasteiger partial charge in [0.15, 0.2) is 0 Å². The Morgan fingerprint density at radius 2 is 1.94 bits per heavy atom. The van der Waals surface area contributed by atoms with Gasteiger partial charge in [0.05, 0.1) is 0 Å². The lowest BCUT2D eigenvalue weighted by molar-refractivity contribution is 0.0519. The maximum absolute atomic E-state index is 11.5. The Morgan fingerprint density at radius 1 is 1.35 bits per heavy atom. The van der Waals surface area contributed by atoms with Crippen LogP contribution in [0, 0.1) is 5.92 Å². The molecule has 1 amide bonds. The van der Waals surface area contributed by atoms with Gasteiger partial charge in [0.2, 0.25) is 0 Å². The van der Waals surface area contributed by atoms with Crippen molar-refractivity contribution >= 4 is 6.09 Å². The molecule has 0 aromatic rings. The van der Waals surface area contributed by atoms with Crippen LogP contribution in [0.4, 0.5) is 4.79 Å². The van der Waals surface area contributed by atoms with E-state index in [0.717, 1.165) is 0 Å². The molecule has 4 nitrogen and oxygen atoms in total. The van der Waals surface area contributed by atoms with Crippen LogP contribution in [-0.4, -0.2) is 31.3 Å².